The third-order valence-electron chi connectivity index (χ3n) is 4.92. The van der Waals surface area contributed by atoms with Gasteiger partial charge in [0.25, 0.3) is 5.69 Å². The van der Waals surface area contributed by atoms with Crippen molar-refractivity contribution in [3.8, 4) is 0 Å². The minimum Gasteiger partial charge on any atom is -0.271 e. The number of hydrogen-bond acceptors (Lipinski definition) is 6. The molecule has 0 aliphatic heterocycles. The lowest BCUT2D eigenvalue weighted by molar-refractivity contribution is -0.393. The van der Waals surface area contributed by atoms with Crippen molar-refractivity contribution in [2.75, 3.05) is 5.43 Å². The minimum absolute atomic E-state index is 0.0579. The zero-order valence-corrected chi connectivity index (χ0v) is 19.8. The third kappa shape index (κ3) is 5.89. The summed E-state index contributed by atoms with van der Waals surface area (Å²) in [5, 5.41) is 26.9. The highest BCUT2D eigenvalue weighted by molar-refractivity contribution is 9.10. The maximum atomic E-state index is 11.5. The van der Waals surface area contributed by atoms with E-state index in [9.17, 15) is 20.2 Å². The number of nitro benzene ring substituents is 2. The highest BCUT2D eigenvalue weighted by Crippen LogP contribution is 2.29. The first-order valence-electron chi connectivity index (χ1n) is 9.94. The van der Waals surface area contributed by atoms with E-state index in [1.807, 2.05) is 69.3 Å². The lowest BCUT2D eigenvalue weighted by atomic mass is 9.95. The van der Waals surface area contributed by atoms with E-state index in [-0.39, 0.29) is 11.4 Å². The van der Waals surface area contributed by atoms with Crippen molar-refractivity contribution in [2.45, 2.75) is 20.8 Å². The van der Waals surface area contributed by atoms with Crippen LogP contribution in [0, 0.1) is 41.0 Å². The topological polar surface area (TPSA) is 111 Å². The highest BCUT2D eigenvalue weighted by Gasteiger charge is 2.19. The van der Waals surface area contributed by atoms with Crippen molar-refractivity contribution in [1.82, 2.24) is 0 Å². The molecule has 0 unspecified atom stereocenters. The summed E-state index contributed by atoms with van der Waals surface area (Å²) < 4.78 is 0.964. The molecule has 0 saturated heterocycles. The molecule has 0 spiro atoms. The summed E-state index contributed by atoms with van der Waals surface area (Å²) >= 11 is 3.42. The maximum absolute atomic E-state index is 11.5. The molecule has 3 aromatic rings. The van der Waals surface area contributed by atoms with E-state index >= 15 is 0 Å². The molecule has 0 atom stereocenters. The van der Waals surface area contributed by atoms with Crippen molar-refractivity contribution >= 4 is 44.8 Å². The summed E-state index contributed by atoms with van der Waals surface area (Å²) in [4.78, 5) is 21.1. The summed E-state index contributed by atoms with van der Waals surface area (Å²) in [7, 11) is 0. The largest absolute Gasteiger partial charge is 0.301 e. The second kappa shape index (κ2) is 10.2. The van der Waals surface area contributed by atoms with E-state index in [0.717, 1.165) is 38.4 Å². The Hall–Kier alpha value is -3.85. The number of anilines is 1. The summed E-state index contributed by atoms with van der Waals surface area (Å²) in [6, 6.07) is 15.2. The summed E-state index contributed by atoms with van der Waals surface area (Å²) in [5.74, 6) is 0. The van der Waals surface area contributed by atoms with Crippen LogP contribution in [-0.4, -0.2) is 15.6 Å². The number of halogens is 1. The van der Waals surface area contributed by atoms with Gasteiger partial charge in [-0.05, 0) is 61.7 Å². The van der Waals surface area contributed by atoms with Crippen LogP contribution in [0.2, 0.25) is 0 Å². The first kappa shape index (κ1) is 23.8. The maximum Gasteiger partial charge on any atom is 0.301 e. The standard InChI is InChI=1S/C24H21BrN4O4/c1-15-12-16(2)24(17(3)13-15)22(10-6-18-4-7-19(25)8-5-18)27-26-21-11-9-20(28(30)31)14-23(21)29(32)33/h4-14,26H,1-3H3/b10-6+,27-22+. The van der Waals surface area contributed by atoms with Gasteiger partial charge in [-0.2, -0.15) is 5.10 Å². The predicted octanol–water partition coefficient (Wildman–Crippen LogP) is 6.72. The number of hydrogen-bond donors (Lipinski definition) is 1. The number of nitrogens with zero attached hydrogens (tertiary/aromatic N) is 3. The van der Waals surface area contributed by atoms with Gasteiger partial charge in [-0.25, -0.2) is 0 Å². The van der Waals surface area contributed by atoms with Crippen LogP contribution in [0.1, 0.15) is 27.8 Å². The molecule has 0 fully saturated rings. The Kier molecular flexibility index (Phi) is 7.34. The average Bonchev–Trinajstić information content (AvgIpc) is 2.75. The van der Waals surface area contributed by atoms with Gasteiger partial charge in [0.15, 0.2) is 0 Å². The van der Waals surface area contributed by atoms with E-state index < -0.39 is 15.5 Å². The van der Waals surface area contributed by atoms with E-state index in [1.54, 1.807) is 0 Å². The summed E-state index contributed by atoms with van der Waals surface area (Å²) in [6.45, 7) is 5.97. The van der Waals surface area contributed by atoms with Gasteiger partial charge in [-0.15, -0.1) is 0 Å². The highest BCUT2D eigenvalue weighted by atomic mass is 79.9. The van der Waals surface area contributed by atoms with Gasteiger partial charge in [0.1, 0.15) is 5.69 Å². The van der Waals surface area contributed by atoms with Gasteiger partial charge in [-0.3, -0.25) is 25.7 Å². The zero-order valence-electron chi connectivity index (χ0n) is 18.2. The van der Waals surface area contributed by atoms with Crippen molar-refractivity contribution in [3.05, 3.63) is 113 Å². The first-order valence-corrected chi connectivity index (χ1v) is 10.7. The monoisotopic (exact) mass is 508 g/mol. The van der Waals surface area contributed by atoms with Crippen LogP contribution in [0.5, 0.6) is 0 Å². The molecular formula is C24H21BrN4O4. The normalized spacial score (nSPS) is 11.6. The van der Waals surface area contributed by atoms with Gasteiger partial charge in [0.05, 0.1) is 21.6 Å². The second-order valence-electron chi connectivity index (χ2n) is 7.48. The average molecular weight is 509 g/mol. The molecule has 3 rings (SSSR count). The summed E-state index contributed by atoms with van der Waals surface area (Å²) in [6.07, 6.45) is 3.73. The lowest BCUT2D eigenvalue weighted by Gasteiger charge is -2.12. The Morgan fingerprint density at radius 1 is 0.939 bits per heavy atom. The molecule has 0 aromatic heterocycles. The molecule has 0 amide bonds. The van der Waals surface area contributed by atoms with Crippen LogP contribution < -0.4 is 5.43 Å². The molecule has 8 nitrogen and oxygen atoms in total. The van der Waals surface area contributed by atoms with Crippen LogP contribution in [-0.2, 0) is 0 Å². The van der Waals surface area contributed by atoms with Crippen LogP contribution in [0.25, 0.3) is 6.08 Å². The van der Waals surface area contributed by atoms with Gasteiger partial charge < -0.3 is 0 Å². The Balaban J connectivity index is 2.07. The fourth-order valence-electron chi connectivity index (χ4n) is 3.51. The van der Waals surface area contributed by atoms with Crippen molar-refractivity contribution in [2.24, 2.45) is 5.10 Å². The van der Waals surface area contributed by atoms with Crippen LogP contribution in [0.4, 0.5) is 17.1 Å². The third-order valence-corrected chi connectivity index (χ3v) is 5.45. The van der Waals surface area contributed by atoms with E-state index in [1.165, 1.54) is 12.1 Å². The lowest BCUT2D eigenvalue weighted by Crippen LogP contribution is -2.07. The molecule has 0 aliphatic carbocycles. The van der Waals surface area contributed by atoms with Crippen LogP contribution in [0.15, 0.2) is 70.2 Å². The van der Waals surface area contributed by atoms with Gasteiger partial charge >= 0.3 is 5.69 Å². The molecule has 168 valence electrons. The fraction of sp³-hybridized carbons (Fsp3) is 0.125. The van der Waals surface area contributed by atoms with E-state index in [0.29, 0.717) is 5.71 Å². The Morgan fingerprint density at radius 2 is 1.58 bits per heavy atom. The first-order chi connectivity index (χ1) is 15.7. The Labute approximate surface area is 199 Å². The number of aryl methyl sites for hydroxylation is 3. The quantitative estimate of drug-likeness (QED) is 0.216. The predicted molar refractivity (Wildman–Crippen MR) is 134 cm³/mol. The number of rotatable bonds is 7. The number of allylic oxidation sites excluding steroid dienone is 1. The smallest absolute Gasteiger partial charge is 0.271 e. The van der Waals surface area contributed by atoms with Crippen LogP contribution in [0.3, 0.4) is 0 Å². The molecule has 0 bridgehead atoms. The molecule has 1 N–H and O–H groups in total. The summed E-state index contributed by atoms with van der Waals surface area (Å²) in [5.41, 5.74) is 7.55. The van der Waals surface area contributed by atoms with Gasteiger partial charge in [0.2, 0.25) is 0 Å². The second-order valence-corrected chi connectivity index (χ2v) is 8.40. The fourth-order valence-corrected chi connectivity index (χ4v) is 3.77. The number of benzene rings is 3. The van der Waals surface area contributed by atoms with E-state index in [4.69, 9.17) is 0 Å². The molecule has 0 radical (unpaired) electrons. The zero-order chi connectivity index (χ0) is 24.1. The van der Waals surface area contributed by atoms with Crippen molar-refractivity contribution < 1.29 is 9.85 Å². The van der Waals surface area contributed by atoms with Crippen LogP contribution >= 0.6 is 15.9 Å². The molecule has 0 aliphatic rings. The Morgan fingerprint density at radius 3 is 2.15 bits per heavy atom. The minimum atomic E-state index is -0.676. The van der Waals surface area contributed by atoms with Crippen molar-refractivity contribution in [3.63, 3.8) is 0 Å². The number of nitro groups is 2. The molecule has 0 saturated carbocycles. The molecule has 9 heteroatoms. The number of nitrogens with one attached hydrogen (secondary N) is 1. The van der Waals surface area contributed by atoms with Crippen molar-refractivity contribution in [1.29, 1.82) is 0 Å². The SMILES string of the molecule is Cc1cc(C)c(C(/C=C/c2ccc(Br)cc2)=N/Nc2ccc([N+](=O)[O-])cc2[N+](=O)[O-])c(C)c1. The number of hydrazone groups is 1. The van der Waals surface area contributed by atoms with Gasteiger partial charge in [-0.1, -0.05) is 51.8 Å². The van der Waals surface area contributed by atoms with Gasteiger partial charge in [0, 0.05) is 16.1 Å². The van der Waals surface area contributed by atoms with E-state index in [2.05, 4.69) is 26.5 Å². The molecule has 3 aromatic carbocycles. The molecule has 0 heterocycles. The molecule has 33 heavy (non-hydrogen) atoms. The number of non-ortho nitro benzene ring substituents is 1. The molecular weight excluding hydrogens is 488 g/mol. The Bertz CT molecular complexity index is 1260.